The third-order valence-electron chi connectivity index (χ3n) is 6.47. The number of hydrogen-bond donors (Lipinski definition) is 0. The van der Waals surface area contributed by atoms with Crippen LogP contribution in [0.3, 0.4) is 0 Å². The maximum atomic E-state index is 14.7. The fourth-order valence-corrected chi connectivity index (χ4v) is 5.08. The number of amides is 1. The van der Waals surface area contributed by atoms with Crippen LogP contribution in [0.1, 0.15) is 52.0 Å². The SMILES string of the molecule is CC(C)(C)OC(=O)N1[C@@H]2CC[C@@H](C2)[C@H]1C(=O)C[C@H](C#N)Cc1ccc(-c2ccco2)cc1F. The molecule has 1 amide bonds. The van der Waals surface area contributed by atoms with Crippen LogP contribution in [-0.4, -0.2) is 34.5 Å². The van der Waals surface area contributed by atoms with Gasteiger partial charge in [-0.15, -0.1) is 0 Å². The van der Waals surface area contributed by atoms with Gasteiger partial charge in [0.1, 0.15) is 17.2 Å². The van der Waals surface area contributed by atoms with Crippen molar-refractivity contribution in [2.24, 2.45) is 11.8 Å². The number of rotatable bonds is 6. The molecule has 1 saturated carbocycles. The number of halogens is 1. The number of nitrogens with zero attached hydrogens (tertiary/aromatic N) is 2. The van der Waals surface area contributed by atoms with Crippen molar-refractivity contribution < 1.29 is 23.1 Å². The fraction of sp³-hybridized carbons (Fsp3) is 0.500. The Labute approximate surface area is 193 Å². The van der Waals surface area contributed by atoms with Gasteiger partial charge in [-0.05, 0) is 76.1 Å². The lowest BCUT2D eigenvalue weighted by Crippen LogP contribution is -2.51. The van der Waals surface area contributed by atoms with E-state index in [4.69, 9.17) is 9.15 Å². The van der Waals surface area contributed by atoms with E-state index in [1.165, 1.54) is 12.3 Å². The minimum absolute atomic E-state index is 0.00549. The summed E-state index contributed by atoms with van der Waals surface area (Å²) in [6.07, 6.45) is 3.69. The first-order valence-corrected chi connectivity index (χ1v) is 11.4. The van der Waals surface area contributed by atoms with Gasteiger partial charge in [0.2, 0.25) is 0 Å². The molecule has 2 fully saturated rings. The average molecular weight is 453 g/mol. The Morgan fingerprint density at radius 3 is 2.73 bits per heavy atom. The summed E-state index contributed by atoms with van der Waals surface area (Å²) in [6.45, 7) is 5.40. The first kappa shape index (κ1) is 23.0. The highest BCUT2D eigenvalue weighted by molar-refractivity contribution is 5.89. The number of piperidine rings is 1. The molecule has 0 spiro atoms. The zero-order valence-corrected chi connectivity index (χ0v) is 19.2. The third kappa shape index (κ3) is 4.95. The first-order chi connectivity index (χ1) is 15.7. The second-order valence-electron chi connectivity index (χ2n) is 10.0. The third-order valence-corrected chi connectivity index (χ3v) is 6.47. The van der Waals surface area contributed by atoms with Gasteiger partial charge in [-0.2, -0.15) is 5.26 Å². The number of Topliss-reactive ketones (excluding diaryl/α,β-unsaturated/α-hetero) is 1. The highest BCUT2D eigenvalue weighted by atomic mass is 19.1. The summed E-state index contributed by atoms with van der Waals surface area (Å²) in [4.78, 5) is 27.7. The van der Waals surface area contributed by atoms with Crippen molar-refractivity contribution in [3.63, 3.8) is 0 Å². The highest BCUT2D eigenvalue weighted by Crippen LogP contribution is 2.44. The van der Waals surface area contributed by atoms with Crippen molar-refractivity contribution in [3.05, 3.63) is 48.0 Å². The van der Waals surface area contributed by atoms with Gasteiger partial charge in [0, 0.05) is 18.0 Å². The van der Waals surface area contributed by atoms with Crippen LogP contribution >= 0.6 is 0 Å². The van der Waals surface area contributed by atoms with Crippen LogP contribution in [0, 0.1) is 29.0 Å². The highest BCUT2D eigenvalue weighted by Gasteiger charge is 2.52. The Bertz CT molecular complexity index is 1070. The molecular formula is C26H29FN2O4. The molecule has 7 heteroatoms. The lowest BCUT2D eigenvalue weighted by molar-refractivity contribution is -0.126. The van der Waals surface area contributed by atoms with Crippen LogP contribution in [-0.2, 0) is 16.0 Å². The van der Waals surface area contributed by atoms with Crippen molar-refractivity contribution in [2.45, 2.75) is 70.6 Å². The summed E-state index contributed by atoms with van der Waals surface area (Å²) in [6, 6.07) is 9.83. The second kappa shape index (κ2) is 9.01. The summed E-state index contributed by atoms with van der Waals surface area (Å²) in [7, 11) is 0. The van der Waals surface area contributed by atoms with Crippen molar-refractivity contribution >= 4 is 11.9 Å². The summed E-state index contributed by atoms with van der Waals surface area (Å²) < 4.78 is 25.6. The molecule has 174 valence electrons. The summed E-state index contributed by atoms with van der Waals surface area (Å²) >= 11 is 0. The van der Waals surface area contributed by atoms with Gasteiger partial charge in [-0.1, -0.05) is 12.1 Å². The topological polar surface area (TPSA) is 83.5 Å². The van der Waals surface area contributed by atoms with Crippen LogP contribution in [0.4, 0.5) is 9.18 Å². The first-order valence-electron chi connectivity index (χ1n) is 11.4. The average Bonchev–Trinajstić information content (AvgIpc) is 3.50. The Hall–Kier alpha value is -3.14. The van der Waals surface area contributed by atoms with Gasteiger partial charge >= 0.3 is 6.09 Å². The number of ketones is 1. The maximum Gasteiger partial charge on any atom is 0.411 e. The van der Waals surface area contributed by atoms with Crippen LogP contribution < -0.4 is 0 Å². The second-order valence-corrected chi connectivity index (χ2v) is 10.0. The predicted octanol–water partition coefficient (Wildman–Crippen LogP) is 5.52. The monoisotopic (exact) mass is 452 g/mol. The molecule has 2 aromatic rings. The van der Waals surface area contributed by atoms with Crippen molar-refractivity contribution in [3.8, 4) is 17.4 Å². The minimum Gasteiger partial charge on any atom is -0.464 e. The molecule has 0 unspecified atom stereocenters. The predicted molar refractivity (Wildman–Crippen MR) is 120 cm³/mol. The molecule has 4 rings (SSSR count). The fourth-order valence-electron chi connectivity index (χ4n) is 5.08. The molecule has 0 radical (unpaired) electrons. The summed E-state index contributed by atoms with van der Waals surface area (Å²) in [5.74, 6) is -0.607. The molecule has 33 heavy (non-hydrogen) atoms. The molecule has 4 atom stereocenters. The quantitative estimate of drug-likeness (QED) is 0.577. The standard InChI is InChI=1S/C26H29FN2O4/c1-26(2,3)33-25(31)29-20-9-8-19(13-20)24(29)22(30)12-16(15-28)11-17-6-7-18(14-21(17)27)23-5-4-10-32-23/h4-7,10,14,16,19-20,24H,8-9,11-13H2,1-3H3/t16-,19+,20-,24+/m1/s1. The molecule has 1 saturated heterocycles. The number of carbonyl (C=O) groups excluding carboxylic acids is 2. The molecule has 1 aromatic carbocycles. The Kier molecular flexibility index (Phi) is 6.29. The van der Waals surface area contributed by atoms with E-state index < -0.39 is 29.5 Å². The van der Waals surface area contributed by atoms with Crippen LogP contribution in [0.5, 0.6) is 0 Å². The van der Waals surface area contributed by atoms with Crippen molar-refractivity contribution in [2.75, 3.05) is 0 Å². The van der Waals surface area contributed by atoms with E-state index in [0.29, 0.717) is 16.9 Å². The molecule has 0 N–H and O–H groups in total. The number of carbonyl (C=O) groups is 2. The van der Waals surface area contributed by atoms with Gasteiger partial charge in [-0.25, -0.2) is 9.18 Å². The van der Waals surface area contributed by atoms with Gasteiger partial charge in [0.05, 0.1) is 24.3 Å². The number of hydrogen-bond acceptors (Lipinski definition) is 5. The number of ether oxygens (including phenoxy) is 1. The summed E-state index contributed by atoms with van der Waals surface area (Å²) in [5, 5.41) is 9.69. The number of fused-ring (bicyclic) bond motifs is 2. The van der Waals surface area contributed by atoms with E-state index in [-0.39, 0.29) is 30.6 Å². The van der Waals surface area contributed by atoms with E-state index in [0.717, 1.165) is 19.3 Å². The number of likely N-dealkylation sites (tertiary alicyclic amines) is 1. The smallest absolute Gasteiger partial charge is 0.411 e. The Balaban J connectivity index is 1.45. The van der Waals surface area contributed by atoms with Crippen molar-refractivity contribution in [1.82, 2.24) is 4.90 Å². The maximum absolute atomic E-state index is 14.7. The molecule has 2 aliphatic rings. The van der Waals surface area contributed by atoms with E-state index >= 15 is 0 Å². The van der Waals surface area contributed by atoms with Crippen LogP contribution in [0.2, 0.25) is 0 Å². The van der Waals surface area contributed by atoms with E-state index in [9.17, 15) is 19.2 Å². The zero-order valence-electron chi connectivity index (χ0n) is 19.2. The Morgan fingerprint density at radius 2 is 2.09 bits per heavy atom. The molecule has 1 aliphatic heterocycles. The lowest BCUT2D eigenvalue weighted by Gasteiger charge is -2.35. The number of benzene rings is 1. The molecule has 6 nitrogen and oxygen atoms in total. The van der Waals surface area contributed by atoms with E-state index in [2.05, 4.69) is 6.07 Å². The normalized spacial score (nSPS) is 22.8. The van der Waals surface area contributed by atoms with Gasteiger partial charge in [0.25, 0.3) is 0 Å². The molecule has 2 heterocycles. The van der Waals surface area contributed by atoms with Gasteiger partial charge < -0.3 is 9.15 Å². The minimum atomic E-state index is -0.680. The molecule has 1 aliphatic carbocycles. The van der Waals surface area contributed by atoms with Gasteiger partial charge in [-0.3, -0.25) is 9.69 Å². The number of nitriles is 1. The van der Waals surface area contributed by atoms with E-state index in [1.807, 2.05) is 0 Å². The van der Waals surface area contributed by atoms with Gasteiger partial charge in [0.15, 0.2) is 5.78 Å². The molecule has 1 aromatic heterocycles. The van der Waals surface area contributed by atoms with Crippen LogP contribution in [0.25, 0.3) is 11.3 Å². The van der Waals surface area contributed by atoms with Crippen LogP contribution in [0.15, 0.2) is 41.0 Å². The molecule has 2 bridgehead atoms. The zero-order chi connectivity index (χ0) is 23.8. The largest absolute Gasteiger partial charge is 0.464 e. The van der Waals surface area contributed by atoms with E-state index in [1.54, 1.807) is 49.9 Å². The Morgan fingerprint density at radius 1 is 1.30 bits per heavy atom. The summed E-state index contributed by atoms with van der Waals surface area (Å²) in [5.41, 5.74) is 0.337. The van der Waals surface area contributed by atoms with Crippen molar-refractivity contribution in [1.29, 1.82) is 5.26 Å². The molecular weight excluding hydrogens is 423 g/mol. The lowest BCUT2D eigenvalue weighted by atomic mass is 9.87. The number of furan rings is 1.